The van der Waals surface area contributed by atoms with E-state index >= 15 is 0 Å². The third kappa shape index (κ3) is 4.68. The van der Waals surface area contributed by atoms with Gasteiger partial charge in [-0.15, -0.1) is 0 Å². The minimum Gasteiger partial charge on any atom is -0.466 e. The van der Waals surface area contributed by atoms with Gasteiger partial charge in [0, 0.05) is 33.9 Å². The Morgan fingerprint density at radius 3 is 2.43 bits per heavy atom. The minimum atomic E-state index is -3.47. The van der Waals surface area contributed by atoms with Crippen molar-refractivity contribution in [2.24, 2.45) is 0 Å². The highest BCUT2D eigenvalue weighted by atomic mass is 32.2. The molecule has 21 heavy (non-hydrogen) atoms. The monoisotopic (exact) mass is 315 g/mol. The number of carbonyl (C=O) groups is 1. The van der Waals surface area contributed by atoms with E-state index in [9.17, 15) is 13.2 Å². The molecule has 118 valence electrons. The summed E-state index contributed by atoms with van der Waals surface area (Å²) < 4.78 is 29.8. The number of carbonyl (C=O) groups excluding carboxylic acids is 1. The van der Waals surface area contributed by atoms with Crippen LogP contribution in [0.5, 0.6) is 0 Å². The van der Waals surface area contributed by atoms with E-state index in [1.165, 1.54) is 26.4 Å². The molecule has 0 fully saturated rings. The zero-order chi connectivity index (χ0) is 16.0. The van der Waals surface area contributed by atoms with Crippen molar-refractivity contribution in [3.05, 3.63) is 18.3 Å². The quantitative estimate of drug-likeness (QED) is 0.690. The maximum atomic E-state index is 11.9. The molecule has 0 saturated heterocycles. The molecule has 0 amide bonds. The summed E-state index contributed by atoms with van der Waals surface area (Å²) in [7, 11) is 1.24. The van der Waals surface area contributed by atoms with Crippen LogP contribution in [0.2, 0.25) is 0 Å². The molecule has 1 aromatic heterocycles. The van der Waals surface area contributed by atoms with Crippen LogP contribution in [0.25, 0.3) is 0 Å². The van der Waals surface area contributed by atoms with Crippen LogP contribution >= 0.6 is 0 Å². The Labute approximate surface area is 125 Å². The van der Waals surface area contributed by atoms with Gasteiger partial charge >= 0.3 is 5.97 Å². The summed E-state index contributed by atoms with van der Waals surface area (Å²) in [4.78, 5) is 17.3. The van der Waals surface area contributed by atoms with Gasteiger partial charge in [0.1, 0.15) is 10.7 Å². The van der Waals surface area contributed by atoms with Gasteiger partial charge in [0.25, 0.3) is 0 Å². The summed E-state index contributed by atoms with van der Waals surface area (Å²) in [5, 5.41) is 0. The molecule has 0 aliphatic rings. The number of hydrogen-bond donors (Lipinski definition) is 0. The highest BCUT2D eigenvalue weighted by Gasteiger charge is 2.17. The van der Waals surface area contributed by atoms with Gasteiger partial charge in [-0.2, -0.15) is 0 Å². The topological polar surface area (TPSA) is 79.8 Å². The van der Waals surface area contributed by atoms with Crippen LogP contribution in [0, 0.1) is 0 Å². The number of anilines is 1. The fraction of sp³-hybridized carbons (Fsp3) is 0.538. The predicted octanol–water partition coefficient (Wildman–Crippen LogP) is 0.721. The van der Waals surface area contributed by atoms with Gasteiger partial charge in [-0.05, 0) is 19.1 Å². The van der Waals surface area contributed by atoms with Crippen molar-refractivity contribution in [1.82, 2.24) is 9.29 Å². The standard InChI is InChI=1S/C13H21N3O4S/c1-5-20-13(17)8-9-16(4)12-7-6-11(10-14-12)21(18,19)15(2)3/h6-7,10H,5,8-9H2,1-4H3. The van der Waals surface area contributed by atoms with Crippen LogP contribution in [0.15, 0.2) is 23.2 Å². The Kier molecular flexibility index (Phi) is 6.10. The normalized spacial score (nSPS) is 11.5. The lowest BCUT2D eigenvalue weighted by atomic mass is 10.3. The van der Waals surface area contributed by atoms with Gasteiger partial charge in [0.2, 0.25) is 10.0 Å². The number of nitrogens with zero attached hydrogens (tertiary/aromatic N) is 3. The van der Waals surface area contributed by atoms with Crippen LogP contribution < -0.4 is 4.90 Å². The number of aromatic nitrogens is 1. The lowest BCUT2D eigenvalue weighted by molar-refractivity contribution is -0.142. The molecule has 0 aromatic carbocycles. The second-order valence-corrected chi connectivity index (χ2v) is 6.77. The molecule has 0 bridgehead atoms. The molecule has 0 atom stereocenters. The molecular formula is C13H21N3O4S. The Bertz CT molecular complexity index is 570. The largest absolute Gasteiger partial charge is 0.466 e. The van der Waals surface area contributed by atoms with Gasteiger partial charge in [0.05, 0.1) is 13.0 Å². The maximum Gasteiger partial charge on any atom is 0.307 e. The zero-order valence-corrected chi connectivity index (χ0v) is 13.6. The second kappa shape index (κ2) is 7.37. The van der Waals surface area contributed by atoms with E-state index in [2.05, 4.69) is 4.98 Å². The molecule has 0 aliphatic carbocycles. The van der Waals surface area contributed by atoms with Crippen molar-refractivity contribution in [2.75, 3.05) is 39.2 Å². The van der Waals surface area contributed by atoms with Gasteiger partial charge in [-0.1, -0.05) is 0 Å². The summed E-state index contributed by atoms with van der Waals surface area (Å²) in [5.41, 5.74) is 0. The molecule has 1 aromatic rings. The Balaban J connectivity index is 2.72. The minimum absolute atomic E-state index is 0.134. The number of pyridine rings is 1. The van der Waals surface area contributed by atoms with E-state index in [1.807, 2.05) is 0 Å². The van der Waals surface area contributed by atoms with Crippen molar-refractivity contribution >= 4 is 21.8 Å². The van der Waals surface area contributed by atoms with Crippen LogP contribution in [-0.2, 0) is 19.6 Å². The van der Waals surface area contributed by atoms with Crippen LogP contribution in [-0.4, -0.2) is 58.0 Å². The predicted molar refractivity (Wildman–Crippen MR) is 79.6 cm³/mol. The van der Waals surface area contributed by atoms with Crippen molar-refractivity contribution in [3.8, 4) is 0 Å². The highest BCUT2D eigenvalue weighted by molar-refractivity contribution is 7.89. The summed E-state index contributed by atoms with van der Waals surface area (Å²) in [6.07, 6.45) is 1.56. The molecule has 0 unspecified atom stereocenters. The molecule has 1 rings (SSSR count). The zero-order valence-electron chi connectivity index (χ0n) is 12.7. The lowest BCUT2D eigenvalue weighted by Crippen LogP contribution is -2.24. The Morgan fingerprint density at radius 2 is 1.95 bits per heavy atom. The molecular weight excluding hydrogens is 294 g/mol. The van der Waals surface area contributed by atoms with Crippen LogP contribution in [0.3, 0.4) is 0 Å². The summed E-state index contributed by atoms with van der Waals surface area (Å²) >= 11 is 0. The van der Waals surface area contributed by atoms with E-state index in [-0.39, 0.29) is 17.3 Å². The fourth-order valence-corrected chi connectivity index (χ4v) is 2.42. The van der Waals surface area contributed by atoms with E-state index in [1.54, 1.807) is 24.9 Å². The SMILES string of the molecule is CCOC(=O)CCN(C)c1ccc(S(=O)(=O)N(C)C)cn1. The molecule has 0 saturated carbocycles. The molecule has 0 N–H and O–H groups in total. The fourth-order valence-electron chi connectivity index (χ4n) is 1.57. The summed E-state index contributed by atoms with van der Waals surface area (Å²) in [5.74, 6) is 0.327. The average molecular weight is 315 g/mol. The van der Waals surface area contributed by atoms with Gasteiger partial charge in [-0.3, -0.25) is 4.79 Å². The van der Waals surface area contributed by atoms with E-state index < -0.39 is 10.0 Å². The third-order valence-electron chi connectivity index (χ3n) is 2.85. The Morgan fingerprint density at radius 1 is 1.29 bits per heavy atom. The van der Waals surface area contributed by atoms with Crippen molar-refractivity contribution in [2.45, 2.75) is 18.2 Å². The van der Waals surface area contributed by atoms with Gasteiger partial charge in [-0.25, -0.2) is 17.7 Å². The van der Waals surface area contributed by atoms with Gasteiger partial charge < -0.3 is 9.64 Å². The molecule has 8 heteroatoms. The maximum absolute atomic E-state index is 11.9. The van der Waals surface area contributed by atoms with E-state index in [4.69, 9.17) is 4.74 Å². The van der Waals surface area contributed by atoms with Crippen molar-refractivity contribution in [3.63, 3.8) is 0 Å². The number of hydrogen-bond acceptors (Lipinski definition) is 6. The lowest BCUT2D eigenvalue weighted by Gasteiger charge is -2.18. The van der Waals surface area contributed by atoms with Gasteiger partial charge in [0.15, 0.2) is 0 Å². The number of esters is 1. The highest BCUT2D eigenvalue weighted by Crippen LogP contribution is 2.16. The smallest absolute Gasteiger partial charge is 0.307 e. The van der Waals surface area contributed by atoms with E-state index in [0.717, 1.165) is 4.31 Å². The summed E-state index contributed by atoms with van der Waals surface area (Å²) in [6.45, 7) is 2.57. The molecule has 0 spiro atoms. The number of sulfonamides is 1. The molecule has 0 aliphatic heterocycles. The number of rotatable bonds is 7. The number of ether oxygens (including phenoxy) is 1. The van der Waals surface area contributed by atoms with Crippen molar-refractivity contribution < 1.29 is 17.9 Å². The third-order valence-corrected chi connectivity index (χ3v) is 4.65. The average Bonchev–Trinajstić information content (AvgIpc) is 2.45. The molecule has 7 nitrogen and oxygen atoms in total. The van der Waals surface area contributed by atoms with Crippen molar-refractivity contribution in [1.29, 1.82) is 0 Å². The first-order chi connectivity index (χ1) is 9.78. The first-order valence-electron chi connectivity index (χ1n) is 6.54. The second-order valence-electron chi connectivity index (χ2n) is 4.62. The summed E-state index contributed by atoms with van der Waals surface area (Å²) in [6, 6.07) is 3.11. The van der Waals surface area contributed by atoms with Crippen LogP contribution in [0.1, 0.15) is 13.3 Å². The first kappa shape index (κ1) is 17.4. The van der Waals surface area contributed by atoms with E-state index in [0.29, 0.717) is 19.0 Å². The first-order valence-corrected chi connectivity index (χ1v) is 7.98. The van der Waals surface area contributed by atoms with Crippen LogP contribution in [0.4, 0.5) is 5.82 Å². The molecule has 0 radical (unpaired) electrons. The Hall–Kier alpha value is -1.67. The molecule has 1 heterocycles.